The summed E-state index contributed by atoms with van der Waals surface area (Å²) in [6.45, 7) is 3.97. The highest BCUT2D eigenvalue weighted by atomic mass is 16.5. The van der Waals surface area contributed by atoms with E-state index < -0.39 is 0 Å². The van der Waals surface area contributed by atoms with Gasteiger partial charge in [-0.15, -0.1) is 0 Å². The predicted molar refractivity (Wildman–Crippen MR) is 72.2 cm³/mol. The summed E-state index contributed by atoms with van der Waals surface area (Å²) in [5.41, 5.74) is 0.296. The van der Waals surface area contributed by atoms with E-state index in [1.54, 1.807) is 24.2 Å². The fraction of sp³-hybridized carbons (Fsp3) is 0.571. The zero-order valence-electron chi connectivity index (χ0n) is 11.5. The molecule has 2 heterocycles. The lowest BCUT2D eigenvalue weighted by Crippen LogP contribution is -2.43. The van der Waals surface area contributed by atoms with Gasteiger partial charge in [-0.05, 0) is 25.8 Å². The summed E-state index contributed by atoms with van der Waals surface area (Å²) in [4.78, 5) is 25.7. The topological polar surface area (TPSA) is 51.5 Å². The summed E-state index contributed by atoms with van der Waals surface area (Å²) in [5, 5.41) is 0. The molecular formula is C14H20N2O3. The zero-order valence-corrected chi connectivity index (χ0v) is 11.5. The fourth-order valence-electron chi connectivity index (χ4n) is 2.36. The van der Waals surface area contributed by atoms with Gasteiger partial charge in [0.25, 0.3) is 11.5 Å². The molecule has 2 rings (SSSR count). The number of hydrogen-bond donors (Lipinski definition) is 0. The van der Waals surface area contributed by atoms with Crippen LogP contribution in [0.15, 0.2) is 23.1 Å². The van der Waals surface area contributed by atoms with Gasteiger partial charge in [-0.25, -0.2) is 0 Å². The molecule has 0 aliphatic carbocycles. The van der Waals surface area contributed by atoms with E-state index in [1.165, 1.54) is 10.6 Å². The Labute approximate surface area is 112 Å². The fourth-order valence-corrected chi connectivity index (χ4v) is 2.36. The van der Waals surface area contributed by atoms with E-state index >= 15 is 0 Å². The van der Waals surface area contributed by atoms with Crippen molar-refractivity contribution in [2.75, 3.05) is 19.7 Å². The lowest BCUT2D eigenvalue weighted by Gasteiger charge is -2.32. The third-order valence-electron chi connectivity index (χ3n) is 3.42. The molecule has 1 aromatic heterocycles. The van der Waals surface area contributed by atoms with Crippen molar-refractivity contribution < 1.29 is 9.53 Å². The Hall–Kier alpha value is -1.62. The number of nitrogens with zero attached hydrogens (tertiary/aromatic N) is 2. The molecule has 0 aromatic carbocycles. The first-order valence-corrected chi connectivity index (χ1v) is 6.69. The Morgan fingerprint density at radius 3 is 3.00 bits per heavy atom. The maximum Gasteiger partial charge on any atom is 0.254 e. The van der Waals surface area contributed by atoms with Gasteiger partial charge in [0.2, 0.25) is 0 Å². The molecule has 1 atom stereocenters. The molecule has 1 aliphatic rings. The van der Waals surface area contributed by atoms with Gasteiger partial charge in [0.15, 0.2) is 0 Å². The van der Waals surface area contributed by atoms with Gasteiger partial charge in [0, 0.05) is 44.6 Å². The Morgan fingerprint density at radius 2 is 2.32 bits per heavy atom. The van der Waals surface area contributed by atoms with Crippen molar-refractivity contribution in [1.29, 1.82) is 0 Å². The summed E-state index contributed by atoms with van der Waals surface area (Å²) in [6, 6.07) is 3.08. The molecule has 0 radical (unpaired) electrons. The van der Waals surface area contributed by atoms with Crippen molar-refractivity contribution in [3.63, 3.8) is 0 Å². The Kier molecular flexibility index (Phi) is 4.37. The number of carbonyl (C=O) groups is 1. The molecule has 19 heavy (non-hydrogen) atoms. The summed E-state index contributed by atoms with van der Waals surface area (Å²) in [6.07, 6.45) is 3.68. The van der Waals surface area contributed by atoms with Crippen LogP contribution < -0.4 is 5.56 Å². The second kappa shape index (κ2) is 6.02. The molecule has 1 aliphatic heterocycles. The first-order chi connectivity index (χ1) is 9.11. The molecule has 1 aromatic rings. The van der Waals surface area contributed by atoms with Crippen LogP contribution in [-0.4, -0.2) is 41.2 Å². The molecule has 1 amide bonds. The van der Waals surface area contributed by atoms with Gasteiger partial charge >= 0.3 is 0 Å². The standard InChI is InChI=1S/C14H20N2O3/c1-3-19-12-5-4-7-16(10-12)14(18)11-6-8-15(2)13(17)9-11/h6,8-9,12H,3-5,7,10H2,1-2H3. The number of hydrogen-bond acceptors (Lipinski definition) is 3. The number of aryl methyl sites for hydroxylation is 1. The van der Waals surface area contributed by atoms with E-state index in [4.69, 9.17) is 4.74 Å². The number of amides is 1. The van der Waals surface area contributed by atoms with Gasteiger partial charge in [0.1, 0.15) is 0 Å². The van der Waals surface area contributed by atoms with Crippen molar-refractivity contribution in [2.24, 2.45) is 7.05 Å². The highest BCUT2D eigenvalue weighted by Crippen LogP contribution is 2.15. The van der Waals surface area contributed by atoms with E-state index in [2.05, 4.69) is 0 Å². The number of aromatic nitrogens is 1. The van der Waals surface area contributed by atoms with Crippen LogP contribution in [0.1, 0.15) is 30.1 Å². The number of pyridine rings is 1. The lowest BCUT2D eigenvalue weighted by molar-refractivity contribution is 0.00723. The van der Waals surface area contributed by atoms with Crippen LogP contribution >= 0.6 is 0 Å². The predicted octanol–water partition coefficient (Wildman–Crippen LogP) is 1.03. The number of ether oxygens (including phenoxy) is 1. The second-order valence-electron chi connectivity index (χ2n) is 4.84. The summed E-state index contributed by atoms with van der Waals surface area (Å²) in [5.74, 6) is -0.0814. The van der Waals surface area contributed by atoms with E-state index in [0.717, 1.165) is 19.4 Å². The average molecular weight is 264 g/mol. The van der Waals surface area contributed by atoms with E-state index in [-0.39, 0.29) is 17.6 Å². The Bertz CT molecular complexity index is 508. The minimum absolute atomic E-state index is 0.0814. The zero-order chi connectivity index (χ0) is 13.8. The molecule has 104 valence electrons. The number of piperidine rings is 1. The highest BCUT2D eigenvalue weighted by Gasteiger charge is 2.24. The van der Waals surface area contributed by atoms with Gasteiger partial charge in [-0.2, -0.15) is 0 Å². The number of rotatable bonds is 3. The van der Waals surface area contributed by atoms with E-state index in [9.17, 15) is 9.59 Å². The first kappa shape index (κ1) is 13.8. The molecular weight excluding hydrogens is 244 g/mol. The van der Waals surface area contributed by atoms with Gasteiger partial charge < -0.3 is 14.2 Å². The molecule has 0 N–H and O–H groups in total. The Balaban J connectivity index is 2.10. The van der Waals surface area contributed by atoms with E-state index in [0.29, 0.717) is 18.7 Å². The van der Waals surface area contributed by atoms with Crippen LogP contribution in [-0.2, 0) is 11.8 Å². The molecule has 0 bridgehead atoms. The maximum absolute atomic E-state index is 12.3. The highest BCUT2D eigenvalue weighted by molar-refractivity contribution is 5.94. The number of likely N-dealkylation sites (tertiary alicyclic amines) is 1. The number of carbonyl (C=O) groups excluding carboxylic acids is 1. The van der Waals surface area contributed by atoms with Crippen LogP contribution in [0.3, 0.4) is 0 Å². The van der Waals surface area contributed by atoms with Gasteiger partial charge in [0.05, 0.1) is 6.10 Å². The molecule has 1 unspecified atom stereocenters. The Morgan fingerprint density at radius 1 is 1.53 bits per heavy atom. The van der Waals surface area contributed by atoms with Crippen LogP contribution in [0.2, 0.25) is 0 Å². The van der Waals surface area contributed by atoms with Crippen molar-refractivity contribution in [3.05, 3.63) is 34.2 Å². The third-order valence-corrected chi connectivity index (χ3v) is 3.42. The van der Waals surface area contributed by atoms with Gasteiger partial charge in [-0.3, -0.25) is 9.59 Å². The van der Waals surface area contributed by atoms with Crippen LogP contribution in [0.5, 0.6) is 0 Å². The molecule has 0 spiro atoms. The summed E-state index contributed by atoms with van der Waals surface area (Å²) < 4.78 is 7.04. The SMILES string of the molecule is CCOC1CCCN(C(=O)c2ccn(C)c(=O)c2)C1. The monoisotopic (exact) mass is 264 g/mol. The normalized spacial score (nSPS) is 19.5. The summed E-state index contributed by atoms with van der Waals surface area (Å²) in [7, 11) is 1.67. The van der Waals surface area contributed by atoms with Crippen molar-refractivity contribution in [2.45, 2.75) is 25.9 Å². The largest absolute Gasteiger partial charge is 0.377 e. The molecule has 5 nitrogen and oxygen atoms in total. The van der Waals surface area contributed by atoms with Crippen molar-refractivity contribution >= 4 is 5.91 Å². The maximum atomic E-state index is 12.3. The average Bonchev–Trinajstić information content (AvgIpc) is 2.42. The molecule has 5 heteroatoms. The minimum Gasteiger partial charge on any atom is -0.377 e. The second-order valence-corrected chi connectivity index (χ2v) is 4.84. The third kappa shape index (κ3) is 3.23. The molecule has 1 saturated heterocycles. The minimum atomic E-state index is -0.163. The van der Waals surface area contributed by atoms with Crippen LogP contribution in [0.4, 0.5) is 0 Å². The lowest BCUT2D eigenvalue weighted by atomic mass is 10.1. The first-order valence-electron chi connectivity index (χ1n) is 6.69. The van der Waals surface area contributed by atoms with Crippen molar-refractivity contribution in [3.8, 4) is 0 Å². The van der Waals surface area contributed by atoms with Crippen LogP contribution in [0, 0.1) is 0 Å². The van der Waals surface area contributed by atoms with E-state index in [1.807, 2.05) is 6.92 Å². The van der Waals surface area contributed by atoms with Gasteiger partial charge in [-0.1, -0.05) is 0 Å². The van der Waals surface area contributed by atoms with Crippen molar-refractivity contribution in [1.82, 2.24) is 9.47 Å². The molecule has 0 saturated carbocycles. The smallest absolute Gasteiger partial charge is 0.254 e. The quantitative estimate of drug-likeness (QED) is 0.819. The molecule has 1 fully saturated rings. The summed E-state index contributed by atoms with van der Waals surface area (Å²) >= 11 is 0. The van der Waals surface area contributed by atoms with Crippen LogP contribution in [0.25, 0.3) is 0 Å².